The van der Waals surface area contributed by atoms with E-state index in [-0.39, 0.29) is 0 Å². The molecule has 80 valence electrons. The molecule has 13 heavy (non-hydrogen) atoms. The van der Waals surface area contributed by atoms with Crippen molar-refractivity contribution in [3.63, 3.8) is 0 Å². The summed E-state index contributed by atoms with van der Waals surface area (Å²) in [5, 5.41) is 0.696. The summed E-state index contributed by atoms with van der Waals surface area (Å²) in [7, 11) is 0. The Morgan fingerprint density at radius 2 is 1.62 bits per heavy atom. The van der Waals surface area contributed by atoms with Crippen molar-refractivity contribution in [2.45, 2.75) is 63.4 Å². The Kier molecular flexibility index (Phi) is 6.88. The molecule has 0 unspecified atom stereocenters. The summed E-state index contributed by atoms with van der Waals surface area (Å²) < 4.78 is 0.359. The van der Waals surface area contributed by atoms with E-state index in [1.807, 2.05) is 0 Å². The minimum absolute atomic E-state index is 0.359. The highest BCUT2D eigenvalue weighted by Crippen LogP contribution is 2.36. The standard InChI is InChI=1S/C11H25NS/c1-5-7-11(9-12,8-6-2)13-10(3)4/h10H,5-9,12H2,1-4H3. The van der Waals surface area contributed by atoms with Crippen molar-refractivity contribution in [2.75, 3.05) is 6.54 Å². The van der Waals surface area contributed by atoms with Gasteiger partial charge in [-0.05, 0) is 18.1 Å². The molecule has 0 radical (unpaired) electrons. The molecule has 2 N–H and O–H groups in total. The third-order valence-electron chi connectivity index (χ3n) is 2.27. The van der Waals surface area contributed by atoms with Crippen LogP contribution in [0.3, 0.4) is 0 Å². The zero-order chi connectivity index (χ0) is 10.3. The third-order valence-corrected chi connectivity index (χ3v) is 3.82. The molecule has 0 aromatic rings. The Hall–Kier alpha value is 0.310. The molecule has 0 heterocycles. The SMILES string of the molecule is CCCC(CN)(CCC)SC(C)C. The van der Waals surface area contributed by atoms with Crippen LogP contribution in [0, 0.1) is 0 Å². The summed E-state index contributed by atoms with van der Waals surface area (Å²) in [4.78, 5) is 0. The van der Waals surface area contributed by atoms with Gasteiger partial charge in [-0.15, -0.1) is 0 Å². The van der Waals surface area contributed by atoms with E-state index in [9.17, 15) is 0 Å². The maximum Gasteiger partial charge on any atom is 0.0284 e. The lowest BCUT2D eigenvalue weighted by Crippen LogP contribution is -2.35. The first kappa shape index (κ1) is 13.3. The fourth-order valence-electron chi connectivity index (χ4n) is 1.91. The van der Waals surface area contributed by atoms with Crippen LogP contribution in [0.2, 0.25) is 0 Å². The van der Waals surface area contributed by atoms with Crippen LogP contribution in [0.4, 0.5) is 0 Å². The van der Waals surface area contributed by atoms with Crippen molar-refractivity contribution >= 4 is 11.8 Å². The molecule has 0 amide bonds. The van der Waals surface area contributed by atoms with Crippen molar-refractivity contribution < 1.29 is 0 Å². The molecule has 0 saturated carbocycles. The van der Waals surface area contributed by atoms with E-state index in [4.69, 9.17) is 5.73 Å². The predicted octanol–water partition coefficient (Wildman–Crippen LogP) is 3.43. The van der Waals surface area contributed by atoms with Crippen molar-refractivity contribution in [1.82, 2.24) is 0 Å². The van der Waals surface area contributed by atoms with Gasteiger partial charge >= 0.3 is 0 Å². The van der Waals surface area contributed by atoms with Crippen LogP contribution in [-0.4, -0.2) is 16.5 Å². The van der Waals surface area contributed by atoms with Gasteiger partial charge in [0.1, 0.15) is 0 Å². The van der Waals surface area contributed by atoms with Crippen LogP contribution in [0.15, 0.2) is 0 Å². The molecular formula is C11H25NS. The van der Waals surface area contributed by atoms with Gasteiger partial charge in [-0.2, -0.15) is 11.8 Å². The van der Waals surface area contributed by atoms with E-state index in [0.717, 1.165) is 6.54 Å². The van der Waals surface area contributed by atoms with Gasteiger partial charge in [0.2, 0.25) is 0 Å². The van der Waals surface area contributed by atoms with Gasteiger partial charge in [0.05, 0.1) is 0 Å². The van der Waals surface area contributed by atoms with Crippen LogP contribution in [0.5, 0.6) is 0 Å². The lowest BCUT2D eigenvalue weighted by Gasteiger charge is -2.33. The average Bonchev–Trinajstić information content (AvgIpc) is 2.04. The first-order valence-electron chi connectivity index (χ1n) is 5.48. The number of rotatable bonds is 7. The van der Waals surface area contributed by atoms with Crippen molar-refractivity contribution in [2.24, 2.45) is 5.73 Å². The second-order valence-corrected chi connectivity index (χ2v) is 6.10. The molecule has 0 fully saturated rings. The van der Waals surface area contributed by atoms with Crippen LogP contribution in [0.25, 0.3) is 0 Å². The highest BCUT2D eigenvalue weighted by atomic mass is 32.2. The van der Waals surface area contributed by atoms with Gasteiger partial charge in [0.15, 0.2) is 0 Å². The van der Waals surface area contributed by atoms with Gasteiger partial charge in [0.25, 0.3) is 0 Å². The predicted molar refractivity (Wildman–Crippen MR) is 64.3 cm³/mol. The molecule has 0 bridgehead atoms. The molecular weight excluding hydrogens is 178 g/mol. The van der Waals surface area contributed by atoms with E-state index >= 15 is 0 Å². The molecule has 0 saturated heterocycles. The van der Waals surface area contributed by atoms with E-state index in [1.54, 1.807) is 0 Å². The van der Waals surface area contributed by atoms with E-state index in [1.165, 1.54) is 25.7 Å². The second-order valence-electron chi connectivity index (χ2n) is 4.05. The summed E-state index contributed by atoms with van der Waals surface area (Å²) in [6, 6.07) is 0. The maximum absolute atomic E-state index is 5.91. The summed E-state index contributed by atoms with van der Waals surface area (Å²) in [5.74, 6) is 0. The lowest BCUT2D eigenvalue weighted by molar-refractivity contribution is 0.496. The summed E-state index contributed by atoms with van der Waals surface area (Å²) in [6.45, 7) is 9.86. The summed E-state index contributed by atoms with van der Waals surface area (Å²) >= 11 is 2.07. The summed E-state index contributed by atoms with van der Waals surface area (Å²) in [6.07, 6.45) is 5.02. The van der Waals surface area contributed by atoms with Gasteiger partial charge in [-0.25, -0.2) is 0 Å². The first-order valence-corrected chi connectivity index (χ1v) is 6.36. The molecule has 0 aliphatic rings. The highest BCUT2D eigenvalue weighted by Gasteiger charge is 2.28. The molecule has 0 rings (SSSR count). The highest BCUT2D eigenvalue weighted by molar-refractivity contribution is 8.01. The lowest BCUT2D eigenvalue weighted by atomic mass is 9.97. The molecule has 0 aliphatic heterocycles. The van der Waals surface area contributed by atoms with Crippen LogP contribution >= 0.6 is 11.8 Å². The number of hydrogen-bond donors (Lipinski definition) is 1. The zero-order valence-corrected chi connectivity index (χ0v) is 10.4. The van der Waals surface area contributed by atoms with Crippen LogP contribution in [0.1, 0.15) is 53.4 Å². The minimum Gasteiger partial charge on any atom is -0.329 e. The molecule has 1 nitrogen and oxygen atoms in total. The Bertz CT molecular complexity index is 117. The Morgan fingerprint density at radius 3 is 1.85 bits per heavy atom. The molecule has 0 aliphatic carbocycles. The second kappa shape index (κ2) is 6.72. The third kappa shape index (κ3) is 4.92. The largest absolute Gasteiger partial charge is 0.329 e. The quantitative estimate of drug-likeness (QED) is 0.686. The van der Waals surface area contributed by atoms with E-state index in [2.05, 4.69) is 39.5 Å². The Labute approximate surface area is 87.9 Å². The van der Waals surface area contributed by atoms with Crippen molar-refractivity contribution in [3.05, 3.63) is 0 Å². The topological polar surface area (TPSA) is 26.0 Å². The van der Waals surface area contributed by atoms with Gasteiger partial charge in [-0.1, -0.05) is 40.5 Å². The number of thioether (sulfide) groups is 1. The molecule has 2 heteroatoms. The number of nitrogens with two attached hydrogens (primary N) is 1. The normalized spacial score (nSPS) is 12.5. The van der Waals surface area contributed by atoms with Crippen molar-refractivity contribution in [3.8, 4) is 0 Å². The van der Waals surface area contributed by atoms with Crippen LogP contribution < -0.4 is 5.73 Å². The fourth-order valence-corrected chi connectivity index (χ4v) is 3.65. The minimum atomic E-state index is 0.359. The summed E-state index contributed by atoms with van der Waals surface area (Å²) in [5.41, 5.74) is 5.91. The number of hydrogen-bond acceptors (Lipinski definition) is 2. The van der Waals surface area contributed by atoms with Crippen molar-refractivity contribution in [1.29, 1.82) is 0 Å². The molecule has 0 aromatic carbocycles. The van der Waals surface area contributed by atoms with E-state index in [0.29, 0.717) is 10.00 Å². The monoisotopic (exact) mass is 203 g/mol. The fraction of sp³-hybridized carbons (Fsp3) is 1.00. The average molecular weight is 203 g/mol. The van der Waals surface area contributed by atoms with E-state index < -0.39 is 0 Å². The Balaban J connectivity index is 4.24. The smallest absolute Gasteiger partial charge is 0.0284 e. The zero-order valence-electron chi connectivity index (χ0n) is 9.60. The Morgan fingerprint density at radius 1 is 1.15 bits per heavy atom. The van der Waals surface area contributed by atoms with Gasteiger partial charge in [-0.3, -0.25) is 0 Å². The first-order chi connectivity index (χ1) is 6.10. The van der Waals surface area contributed by atoms with Gasteiger partial charge < -0.3 is 5.73 Å². The maximum atomic E-state index is 5.91. The molecule has 0 spiro atoms. The van der Waals surface area contributed by atoms with Crippen LogP contribution in [-0.2, 0) is 0 Å². The molecule has 0 aromatic heterocycles. The van der Waals surface area contributed by atoms with Gasteiger partial charge in [0, 0.05) is 11.3 Å². The molecule has 0 atom stereocenters.